The van der Waals surface area contributed by atoms with Crippen LogP contribution in [0.3, 0.4) is 0 Å². The summed E-state index contributed by atoms with van der Waals surface area (Å²) in [6.45, 7) is 2.24. The van der Waals surface area contributed by atoms with Crippen LogP contribution in [0.2, 0.25) is 0 Å². The number of carbonyl (C=O) groups excluding carboxylic acids is 1. The topological polar surface area (TPSA) is 73.7 Å². The molecule has 2 heterocycles. The van der Waals surface area contributed by atoms with Crippen LogP contribution in [0.4, 0.5) is 4.79 Å². The summed E-state index contributed by atoms with van der Waals surface area (Å²) in [5.41, 5.74) is 2.52. The van der Waals surface area contributed by atoms with E-state index in [1.807, 2.05) is 12.3 Å². The molecule has 104 valence electrons. The average Bonchev–Trinajstić information content (AvgIpc) is 2.97. The molecule has 2 atom stereocenters. The van der Waals surface area contributed by atoms with Gasteiger partial charge in [0.15, 0.2) is 0 Å². The molecule has 0 aromatic carbocycles. The van der Waals surface area contributed by atoms with E-state index in [0.717, 1.165) is 5.69 Å². The number of rotatable bonds is 3. The van der Waals surface area contributed by atoms with Gasteiger partial charge >= 0.3 is 12.0 Å². The largest absolute Gasteiger partial charge is 0.480 e. The zero-order valence-corrected chi connectivity index (χ0v) is 12.3. The Labute approximate surface area is 119 Å². The van der Waals surface area contributed by atoms with Gasteiger partial charge in [0.2, 0.25) is 0 Å². The second-order valence-corrected chi connectivity index (χ2v) is 6.38. The Hall–Kier alpha value is -1.28. The van der Waals surface area contributed by atoms with Gasteiger partial charge in [-0.1, -0.05) is 0 Å². The average molecular weight is 301 g/mol. The van der Waals surface area contributed by atoms with Crippen molar-refractivity contribution in [3.63, 3.8) is 0 Å². The minimum Gasteiger partial charge on any atom is -0.480 e. The number of hydrogen-bond acceptors (Lipinski definition) is 5. The van der Waals surface area contributed by atoms with Crippen LogP contribution in [-0.2, 0) is 11.3 Å². The molecule has 1 aliphatic heterocycles. The third kappa shape index (κ3) is 3.01. The van der Waals surface area contributed by atoms with Gasteiger partial charge in [-0.3, -0.25) is 4.90 Å². The summed E-state index contributed by atoms with van der Waals surface area (Å²) in [7, 11) is 1.66. The van der Waals surface area contributed by atoms with Crippen molar-refractivity contribution in [1.29, 1.82) is 0 Å². The minimum absolute atomic E-state index is 0.119. The Morgan fingerprint density at radius 3 is 2.95 bits per heavy atom. The van der Waals surface area contributed by atoms with Crippen LogP contribution in [0, 0.1) is 0 Å². The van der Waals surface area contributed by atoms with Crippen molar-refractivity contribution in [2.45, 2.75) is 24.9 Å². The second-order valence-electron chi connectivity index (χ2n) is 4.31. The van der Waals surface area contributed by atoms with Gasteiger partial charge in [0.25, 0.3) is 0 Å². The molecule has 2 amide bonds. The molecule has 1 aromatic rings. The van der Waals surface area contributed by atoms with E-state index in [9.17, 15) is 9.59 Å². The predicted octanol–water partition coefficient (Wildman–Crippen LogP) is 1.54. The highest BCUT2D eigenvalue weighted by atomic mass is 32.2. The molecule has 1 aliphatic rings. The van der Waals surface area contributed by atoms with E-state index in [0.29, 0.717) is 12.3 Å². The second kappa shape index (κ2) is 5.79. The number of carboxylic acid groups (broad SMARTS) is 1. The number of nitrogens with zero attached hydrogens (tertiary/aromatic N) is 3. The Kier molecular flexibility index (Phi) is 4.31. The van der Waals surface area contributed by atoms with Gasteiger partial charge in [0.1, 0.15) is 6.04 Å². The number of amides is 2. The Bertz CT molecular complexity index is 466. The predicted molar refractivity (Wildman–Crippen MR) is 74.2 cm³/mol. The van der Waals surface area contributed by atoms with Crippen molar-refractivity contribution in [2.75, 3.05) is 12.8 Å². The summed E-state index contributed by atoms with van der Waals surface area (Å²) in [4.78, 5) is 30.6. The van der Waals surface area contributed by atoms with Crippen molar-refractivity contribution >= 4 is 35.1 Å². The first kappa shape index (κ1) is 14.1. The maximum Gasteiger partial charge on any atom is 0.327 e. The highest BCUT2D eigenvalue weighted by molar-refractivity contribution is 8.00. The molecule has 8 heteroatoms. The zero-order chi connectivity index (χ0) is 14.0. The van der Waals surface area contributed by atoms with Gasteiger partial charge in [-0.25, -0.2) is 14.6 Å². The first-order valence-corrected chi connectivity index (χ1v) is 7.74. The molecule has 1 aromatic heterocycles. The van der Waals surface area contributed by atoms with E-state index in [1.165, 1.54) is 32.9 Å². The number of carbonyl (C=O) groups is 2. The Morgan fingerprint density at radius 1 is 1.63 bits per heavy atom. The van der Waals surface area contributed by atoms with Crippen LogP contribution >= 0.6 is 23.1 Å². The molecule has 0 bridgehead atoms. The molecule has 0 radical (unpaired) electrons. The quantitative estimate of drug-likeness (QED) is 0.917. The fraction of sp³-hybridized carbons (Fsp3) is 0.545. The fourth-order valence-electron chi connectivity index (χ4n) is 1.95. The van der Waals surface area contributed by atoms with Crippen molar-refractivity contribution in [3.05, 3.63) is 16.6 Å². The standard InChI is InChI=1S/C11H15N3O3S2/c1-7-14(9(5-19-7)10(15)16)11(17)13(2)3-8-4-18-6-12-8/h4,6-7,9H,3,5H2,1-2H3,(H,15,16). The summed E-state index contributed by atoms with van der Waals surface area (Å²) in [6, 6.07) is -1.01. The summed E-state index contributed by atoms with van der Waals surface area (Å²) in [5.74, 6) is -0.514. The van der Waals surface area contributed by atoms with Crippen molar-refractivity contribution in [3.8, 4) is 0 Å². The SMILES string of the molecule is CC1SCC(C(=O)O)N1C(=O)N(C)Cc1cscn1. The summed E-state index contributed by atoms with van der Waals surface area (Å²) >= 11 is 2.95. The van der Waals surface area contributed by atoms with Crippen molar-refractivity contribution in [1.82, 2.24) is 14.8 Å². The van der Waals surface area contributed by atoms with Gasteiger partial charge in [0.05, 0.1) is 23.1 Å². The van der Waals surface area contributed by atoms with E-state index < -0.39 is 12.0 Å². The van der Waals surface area contributed by atoms with Crippen molar-refractivity contribution in [2.24, 2.45) is 0 Å². The van der Waals surface area contributed by atoms with Gasteiger partial charge < -0.3 is 10.0 Å². The molecule has 2 rings (SSSR count). The lowest BCUT2D eigenvalue weighted by atomic mass is 10.3. The third-order valence-electron chi connectivity index (χ3n) is 2.94. The molecule has 1 saturated heterocycles. The number of aliphatic carboxylic acids is 1. The van der Waals surface area contributed by atoms with E-state index in [2.05, 4.69) is 4.98 Å². The molecular weight excluding hydrogens is 286 g/mol. The first-order valence-electron chi connectivity index (χ1n) is 5.75. The molecule has 1 N–H and O–H groups in total. The first-order chi connectivity index (χ1) is 9.00. The maximum atomic E-state index is 12.3. The molecule has 0 aliphatic carbocycles. The van der Waals surface area contributed by atoms with Crippen LogP contribution in [0.15, 0.2) is 10.9 Å². The third-order valence-corrected chi connectivity index (χ3v) is 4.79. The molecule has 19 heavy (non-hydrogen) atoms. The highest BCUT2D eigenvalue weighted by Crippen LogP contribution is 2.29. The summed E-state index contributed by atoms with van der Waals surface area (Å²) < 4.78 is 0. The minimum atomic E-state index is -0.952. The number of carboxylic acids is 1. The number of urea groups is 1. The fourth-order valence-corrected chi connectivity index (χ4v) is 3.66. The lowest BCUT2D eigenvalue weighted by molar-refractivity contribution is -0.141. The van der Waals surface area contributed by atoms with Crippen LogP contribution in [0.1, 0.15) is 12.6 Å². The summed E-state index contributed by atoms with van der Waals surface area (Å²) in [5, 5.41) is 10.9. The van der Waals surface area contributed by atoms with E-state index in [-0.39, 0.29) is 11.4 Å². The Balaban J connectivity index is 2.06. The normalized spacial score (nSPS) is 22.5. The lowest BCUT2D eigenvalue weighted by Gasteiger charge is -2.29. The molecule has 1 fully saturated rings. The molecule has 0 spiro atoms. The molecule has 2 unspecified atom stereocenters. The smallest absolute Gasteiger partial charge is 0.327 e. The Morgan fingerprint density at radius 2 is 2.37 bits per heavy atom. The van der Waals surface area contributed by atoms with Crippen LogP contribution in [-0.4, -0.2) is 56.1 Å². The van der Waals surface area contributed by atoms with Crippen LogP contribution < -0.4 is 0 Å². The van der Waals surface area contributed by atoms with E-state index in [4.69, 9.17) is 5.11 Å². The van der Waals surface area contributed by atoms with Gasteiger partial charge in [-0.05, 0) is 6.92 Å². The molecule has 0 saturated carbocycles. The number of thiazole rings is 1. The van der Waals surface area contributed by atoms with Crippen molar-refractivity contribution < 1.29 is 14.7 Å². The lowest BCUT2D eigenvalue weighted by Crippen LogP contribution is -2.49. The number of aromatic nitrogens is 1. The molecular formula is C11H15N3O3S2. The monoisotopic (exact) mass is 301 g/mol. The number of hydrogen-bond donors (Lipinski definition) is 1. The van der Waals surface area contributed by atoms with E-state index in [1.54, 1.807) is 12.6 Å². The summed E-state index contributed by atoms with van der Waals surface area (Å²) in [6.07, 6.45) is 0. The van der Waals surface area contributed by atoms with Gasteiger partial charge in [-0.15, -0.1) is 23.1 Å². The maximum absolute atomic E-state index is 12.3. The number of thioether (sulfide) groups is 1. The van der Waals surface area contributed by atoms with Gasteiger partial charge in [-0.2, -0.15) is 0 Å². The van der Waals surface area contributed by atoms with Gasteiger partial charge in [0, 0.05) is 18.2 Å². The van der Waals surface area contributed by atoms with Crippen LogP contribution in [0.25, 0.3) is 0 Å². The van der Waals surface area contributed by atoms with E-state index >= 15 is 0 Å². The highest BCUT2D eigenvalue weighted by Gasteiger charge is 2.40. The van der Waals surface area contributed by atoms with Crippen LogP contribution in [0.5, 0.6) is 0 Å². The molecule has 6 nitrogen and oxygen atoms in total. The zero-order valence-electron chi connectivity index (χ0n) is 10.6.